The molecule has 2 heterocycles. The van der Waals surface area contributed by atoms with Crippen LogP contribution in [0.2, 0.25) is 4.34 Å². The van der Waals surface area contributed by atoms with E-state index in [1.165, 1.54) is 5.56 Å². The summed E-state index contributed by atoms with van der Waals surface area (Å²) < 4.78 is 5.82. The molecule has 0 spiro atoms. The topological polar surface area (TPSA) is 55.6 Å². The van der Waals surface area contributed by atoms with Crippen molar-refractivity contribution in [2.24, 2.45) is 11.7 Å². The van der Waals surface area contributed by atoms with Crippen molar-refractivity contribution in [2.75, 3.05) is 26.2 Å². The maximum absolute atomic E-state index is 11.6. The molecule has 1 aromatic rings. The van der Waals surface area contributed by atoms with Crippen molar-refractivity contribution < 1.29 is 9.53 Å². The van der Waals surface area contributed by atoms with Gasteiger partial charge in [-0.25, -0.2) is 0 Å². The molecule has 1 fully saturated rings. The summed E-state index contributed by atoms with van der Waals surface area (Å²) in [6.07, 6.45) is 1.96. The summed E-state index contributed by atoms with van der Waals surface area (Å²) in [4.78, 5) is 13.7. The lowest BCUT2D eigenvalue weighted by Gasteiger charge is -2.35. The number of ether oxygens (including phenoxy) is 1. The number of nitrogens with two attached hydrogens (primary N) is 1. The van der Waals surface area contributed by atoms with Crippen LogP contribution in [0.15, 0.2) is 11.4 Å². The minimum Gasteiger partial charge on any atom is -0.465 e. The standard InChI is InChI=1S/C14H21ClN2O2S/c1-2-19-14(18)8-17-6-10(4-12(16)7-17)3-11-5-13(15)20-9-11/h5,9-10,12H,2-4,6-8,16H2,1H3. The predicted molar refractivity (Wildman–Crippen MR) is 82.2 cm³/mol. The highest BCUT2D eigenvalue weighted by molar-refractivity contribution is 7.14. The van der Waals surface area contributed by atoms with E-state index in [4.69, 9.17) is 22.1 Å². The summed E-state index contributed by atoms with van der Waals surface area (Å²) in [6, 6.07) is 2.14. The fourth-order valence-electron chi connectivity index (χ4n) is 2.80. The van der Waals surface area contributed by atoms with Gasteiger partial charge in [-0.05, 0) is 42.7 Å². The Hall–Kier alpha value is -0.620. The molecule has 112 valence electrons. The van der Waals surface area contributed by atoms with E-state index in [-0.39, 0.29) is 12.0 Å². The highest BCUT2D eigenvalue weighted by Gasteiger charge is 2.26. The maximum Gasteiger partial charge on any atom is 0.320 e. The van der Waals surface area contributed by atoms with Crippen LogP contribution in [0.1, 0.15) is 18.9 Å². The van der Waals surface area contributed by atoms with Crippen molar-refractivity contribution in [3.8, 4) is 0 Å². The van der Waals surface area contributed by atoms with Gasteiger partial charge >= 0.3 is 5.97 Å². The number of nitrogens with zero attached hydrogens (tertiary/aromatic N) is 1. The maximum atomic E-state index is 11.6. The summed E-state index contributed by atoms with van der Waals surface area (Å²) >= 11 is 7.52. The number of carbonyl (C=O) groups is 1. The Labute approximate surface area is 128 Å². The zero-order valence-corrected chi connectivity index (χ0v) is 13.3. The summed E-state index contributed by atoms with van der Waals surface area (Å²) in [5, 5.41) is 2.10. The number of rotatable bonds is 5. The molecule has 0 saturated carbocycles. The van der Waals surface area contributed by atoms with Gasteiger partial charge in [0.2, 0.25) is 0 Å². The van der Waals surface area contributed by atoms with E-state index in [9.17, 15) is 4.79 Å². The zero-order valence-electron chi connectivity index (χ0n) is 11.7. The Bertz CT molecular complexity index is 452. The summed E-state index contributed by atoms with van der Waals surface area (Å²) in [6.45, 7) is 4.24. The summed E-state index contributed by atoms with van der Waals surface area (Å²) in [7, 11) is 0. The van der Waals surface area contributed by atoms with E-state index >= 15 is 0 Å². The van der Waals surface area contributed by atoms with Crippen molar-refractivity contribution in [3.63, 3.8) is 0 Å². The van der Waals surface area contributed by atoms with Crippen molar-refractivity contribution in [1.82, 2.24) is 4.90 Å². The predicted octanol–water partition coefficient (Wildman–Crippen LogP) is 2.16. The van der Waals surface area contributed by atoms with Gasteiger partial charge in [0.1, 0.15) is 0 Å². The number of halogens is 1. The second-order valence-electron chi connectivity index (χ2n) is 5.32. The fourth-order valence-corrected chi connectivity index (χ4v) is 3.72. The van der Waals surface area contributed by atoms with Crippen LogP contribution < -0.4 is 5.73 Å². The molecule has 0 amide bonds. The van der Waals surface area contributed by atoms with Gasteiger partial charge in [0.25, 0.3) is 0 Å². The van der Waals surface area contributed by atoms with Crippen molar-refractivity contribution in [3.05, 3.63) is 21.3 Å². The Kier molecular flexibility index (Phi) is 5.84. The van der Waals surface area contributed by atoms with E-state index < -0.39 is 0 Å². The second kappa shape index (κ2) is 7.41. The molecule has 1 saturated heterocycles. The van der Waals surface area contributed by atoms with Crippen LogP contribution in [0.3, 0.4) is 0 Å². The number of esters is 1. The van der Waals surface area contributed by atoms with Gasteiger partial charge in [0, 0.05) is 19.1 Å². The van der Waals surface area contributed by atoms with E-state index in [1.54, 1.807) is 11.3 Å². The lowest BCUT2D eigenvalue weighted by molar-refractivity contribution is -0.144. The molecule has 2 atom stereocenters. The molecular weight excluding hydrogens is 296 g/mol. The molecule has 6 heteroatoms. The van der Waals surface area contributed by atoms with Crippen LogP contribution in [0.4, 0.5) is 0 Å². The lowest BCUT2D eigenvalue weighted by Crippen LogP contribution is -2.49. The number of thiophene rings is 1. The van der Waals surface area contributed by atoms with E-state index in [1.807, 2.05) is 13.0 Å². The second-order valence-corrected chi connectivity index (χ2v) is 6.87. The normalized spacial score (nSPS) is 23.8. The molecule has 1 aliphatic heterocycles. The minimum absolute atomic E-state index is 0.122. The fraction of sp³-hybridized carbons (Fsp3) is 0.643. The number of carbonyl (C=O) groups excluding carboxylic acids is 1. The Morgan fingerprint density at radius 1 is 1.60 bits per heavy atom. The molecule has 20 heavy (non-hydrogen) atoms. The Morgan fingerprint density at radius 3 is 3.05 bits per heavy atom. The number of hydrogen-bond acceptors (Lipinski definition) is 5. The third kappa shape index (κ3) is 4.74. The van der Waals surface area contributed by atoms with Gasteiger partial charge < -0.3 is 10.5 Å². The van der Waals surface area contributed by atoms with Gasteiger partial charge in [-0.15, -0.1) is 11.3 Å². The average molecular weight is 317 g/mol. The molecule has 2 N–H and O–H groups in total. The molecule has 4 nitrogen and oxygen atoms in total. The van der Waals surface area contributed by atoms with Crippen molar-refractivity contribution in [2.45, 2.75) is 25.8 Å². The number of piperidine rings is 1. The monoisotopic (exact) mass is 316 g/mol. The minimum atomic E-state index is -0.168. The quantitative estimate of drug-likeness (QED) is 0.846. The molecule has 0 aliphatic carbocycles. The molecule has 2 unspecified atom stereocenters. The number of hydrogen-bond donors (Lipinski definition) is 1. The van der Waals surface area contributed by atoms with Crippen LogP contribution in [-0.4, -0.2) is 43.2 Å². The van der Waals surface area contributed by atoms with E-state index in [0.29, 0.717) is 19.1 Å². The first-order chi connectivity index (χ1) is 9.56. The molecule has 1 aliphatic rings. The number of likely N-dealkylation sites (tertiary alicyclic amines) is 1. The zero-order chi connectivity index (χ0) is 14.5. The van der Waals surface area contributed by atoms with Crippen LogP contribution >= 0.6 is 22.9 Å². The summed E-state index contributed by atoms with van der Waals surface area (Å²) in [5.74, 6) is 0.303. The van der Waals surface area contributed by atoms with Gasteiger partial charge in [-0.3, -0.25) is 9.69 Å². The summed E-state index contributed by atoms with van der Waals surface area (Å²) in [5.41, 5.74) is 7.37. The smallest absolute Gasteiger partial charge is 0.320 e. The molecule has 2 rings (SSSR count). The Morgan fingerprint density at radius 2 is 2.40 bits per heavy atom. The molecule has 0 bridgehead atoms. The molecule has 0 aromatic carbocycles. The van der Waals surface area contributed by atoms with Crippen molar-refractivity contribution >= 4 is 28.9 Å². The van der Waals surface area contributed by atoms with E-state index in [2.05, 4.69) is 10.3 Å². The van der Waals surface area contributed by atoms with Gasteiger partial charge in [-0.2, -0.15) is 0 Å². The highest BCUT2D eigenvalue weighted by Crippen LogP contribution is 2.25. The first-order valence-corrected chi connectivity index (χ1v) is 8.19. The van der Waals surface area contributed by atoms with Crippen molar-refractivity contribution in [1.29, 1.82) is 0 Å². The lowest BCUT2D eigenvalue weighted by atomic mass is 9.90. The van der Waals surface area contributed by atoms with E-state index in [0.717, 1.165) is 30.3 Å². The van der Waals surface area contributed by atoms with Crippen LogP contribution in [0.25, 0.3) is 0 Å². The molecular formula is C14H21ClN2O2S. The largest absolute Gasteiger partial charge is 0.465 e. The van der Waals surface area contributed by atoms with Crippen LogP contribution in [-0.2, 0) is 16.0 Å². The van der Waals surface area contributed by atoms with Gasteiger partial charge in [0.15, 0.2) is 0 Å². The van der Waals surface area contributed by atoms with Crippen LogP contribution in [0, 0.1) is 5.92 Å². The SMILES string of the molecule is CCOC(=O)CN1CC(N)CC(Cc2csc(Cl)c2)C1. The van der Waals surface area contributed by atoms with Gasteiger partial charge in [0.05, 0.1) is 17.5 Å². The highest BCUT2D eigenvalue weighted by atomic mass is 35.5. The Balaban J connectivity index is 1.88. The van der Waals surface area contributed by atoms with Gasteiger partial charge in [-0.1, -0.05) is 11.6 Å². The molecule has 1 aromatic heterocycles. The first kappa shape index (κ1) is 15.8. The average Bonchev–Trinajstić information content (AvgIpc) is 2.74. The third-order valence-electron chi connectivity index (χ3n) is 3.45. The third-order valence-corrected chi connectivity index (χ3v) is 4.59. The van der Waals surface area contributed by atoms with Crippen LogP contribution in [0.5, 0.6) is 0 Å². The molecule has 0 radical (unpaired) electrons. The first-order valence-electron chi connectivity index (χ1n) is 6.93.